The highest BCUT2D eigenvalue weighted by molar-refractivity contribution is 7.92. The van der Waals surface area contributed by atoms with Gasteiger partial charge in [0, 0.05) is 11.3 Å². The molecule has 176 valence electrons. The Hall–Kier alpha value is -3.43. The zero-order chi connectivity index (χ0) is 24.3. The van der Waals surface area contributed by atoms with Crippen molar-refractivity contribution in [1.82, 2.24) is 4.98 Å². The van der Waals surface area contributed by atoms with Gasteiger partial charge in [-0.25, -0.2) is 13.4 Å². The molecule has 0 aliphatic heterocycles. The van der Waals surface area contributed by atoms with Gasteiger partial charge in [-0.05, 0) is 80.1 Å². The van der Waals surface area contributed by atoms with Gasteiger partial charge in [-0.3, -0.25) is 9.10 Å². The first-order valence-electron chi connectivity index (χ1n) is 10.7. The maximum absolute atomic E-state index is 12.7. The number of anilines is 2. The van der Waals surface area contributed by atoms with Crippen molar-refractivity contribution in [2.75, 3.05) is 29.0 Å². The van der Waals surface area contributed by atoms with E-state index in [1.54, 1.807) is 47.7 Å². The number of thiazole rings is 1. The highest BCUT2D eigenvalue weighted by Gasteiger charge is 2.21. The Morgan fingerprint density at radius 2 is 1.76 bits per heavy atom. The summed E-state index contributed by atoms with van der Waals surface area (Å²) in [5, 5.41) is 3.67. The summed E-state index contributed by atoms with van der Waals surface area (Å²) in [6.07, 6.45) is 1.07. The monoisotopic (exact) mass is 495 g/mol. The number of hydrogen-bond acceptors (Lipinski definition) is 6. The van der Waals surface area contributed by atoms with Crippen LogP contribution in [-0.4, -0.2) is 38.7 Å². The van der Waals surface area contributed by atoms with E-state index in [0.717, 1.165) is 31.3 Å². The first-order chi connectivity index (χ1) is 16.2. The predicted octanol–water partition coefficient (Wildman–Crippen LogP) is 5.08. The fourth-order valence-electron chi connectivity index (χ4n) is 3.46. The molecule has 0 saturated carbocycles. The number of aryl methyl sites for hydroxylation is 1. The van der Waals surface area contributed by atoms with Crippen molar-refractivity contribution >= 4 is 48.9 Å². The van der Waals surface area contributed by atoms with Crippen LogP contribution in [0.3, 0.4) is 0 Å². The van der Waals surface area contributed by atoms with Gasteiger partial charge < -0.3 is 10.1 Å². The number of carbonyl (C=O) groups excluding carboxylic acids is 1. The SMILES string of the molecule is CCOc1ccc(N(CC(=O)Nc2ccc(-c3nc4ccc(C)cc4s3)cc2)S(C)(=O)=O)cc1. The van der Waals surface area contributed by atoms with Crippen LogP contribution in [0.25, 0.3) is 20.8 Å². The molecule has 0 atom stereocenters. The van der Waals surface area contributed by atoms with Crippen molar-refractivity contribution in [3.8, 4) is 16.3 Å². The maximum atomic E-state index is 12.7. The molecule has 34 heavy (non-hydrogen) atoms. The minimum Gasteiger partial charge on any atom is -0.494 e. The summed E-state index contributed by atoms with van der Waals surface area (Å²) in [6, 6.07) is 20.1. The van der Waals surface area contributed by atoms with E-state index in [1.807, 2.05) is 31.2 Å². The number of fused-ring (bicyclic) bond motifs is 1. The van der Waals surface area contributed by atoms with Crippen LogP contribution >= 0.6 is 11.3 Å². The molecule has 9 heteroatoms. The van der Waals surface area contributed by atoms with Crippen LogP contribution in [0, 0.1) is 6.92 Å². The summed E-state index contributed by atoms with van der Waals surface area (Å²) in [4.78, 5) is 17.3. The highest BCUT2D eigenvalue weighted by atomic mass is 32.2. The molecule has 0 bridgehead atoms. The van der Waals surface area contributed by atoms with E-state index < -0.39 is 15.9 Å². The number of nitrogens with one attached hydrogen (secondary N) is 1. The lowest BCUT2D eigenvalue weighted by Gasteiger charge is -2.22. The van der Waals surface area contributed by atoms with Crippen molar-refractivity contribution in [2.24, 2.45) is 0 Å². The second kappa shape index (κ2) is 9.82. The number of nitrogens with zero attached hydrogens (tertiary/aromatic N) is 2. The molecule has 0 spiro atoms. The summed E-state index contributed by atoms with van der Waals surface area (Å²) < 4.78 is 32.3. The van der Waals surface area contributed by atoms with E-state index in [1.165, 1.54) is 5.56 Å². The molecule has 1 amide bonds. The van der Waals surface area contributed by atoms with Gasteiger partial charge in [0.2, 0.25) is 15.9 Å². The lowest BCUT2D eigenvalue weighted by atomic mass is 10.2. The Labute approximate surface area is 203 Å². The second-order valence-corrected chi connectivity index (χ2v) is 10.7. The zero-order valence-electron chi connectivity index (χ0n) is 19.1. The zero-order valence-corrected chi connectivity index (χ0v) is 20.7. The van der Waals surface area contributed by atoms with E-state index >= 15 is 0 Å². The van der Waals surface area contributed by atoms with E-state index in [4.69, 9.17) is 4.74 Å². The number of rotatable bonds is 8. The van der Waals surface area contributed by atoms with Crippen molar-refractivity contribution in [2.45, 2.75) is 13.8 Å². The predicted molar refractivity (Wildman–Crippen MR) is 138 cm³/mol. The molecular formula is C25H25N3O4S2. The smallest absolute Gasteiger partial charge is 0.245 e. The fraction of sp³-hybridized carbons (Fsp3) is 0.200. The number of hydrogen-bond donors (Lipinski definition) is 1. The quantitative estimate of drug-likeness (QED) is 0.368. The van der Waals surface area contributed by atoms with Gasteiger partial charge >= 0.3 is 0 Å². The van der Waals surface area contributed by atoms with Crippen LogP contribution in [0.1, 0.15) is 12.5 Å². The average molecular weight is 496 g/mol. The van der Waals surface area contributed by atoms with Crippen molar-refractivity contribution < 1.29 is 17.9 Å². The first-order valence-corrected chi connectivity index (χ1v) is 13.4. The van der Waals surface area contributed by atoms with E-state index in [2.05, 4.69) is 23.3 Å². The highest BCUT2D eigenvalue weighted by Crippen LogP contribution is 2.31. The van der Waals surface area contributed by atoms with Crippen LogP contribution in [0.15, 0.2) is 66.7 Å². The van der Waals surface area contributed by atoms with Crippen LogP contribution in [0.5, 0.6) is 5.75 Å². The van der Waals surface area contributed by atoms with Crippen molar-refractivity contribution in [1.29, 1.82) is 0 Å². The van der Waals surface area contributed by atoms with E-state index in [0.29, 0.717) is 23.7 Å². The van der Waals surface area contributed by atoms with Crippen LogP contribution in [0.2, 0.25) is 0 Å². The van der Waals surface area contributed by atoms with Crippen LogP contribution in [0.4, 0.5) is 11.4 Å². The molecule has 1 N–H and O–H groups in total. The van der Waals surface area contributed by atoms with Crippen LogP contribution in [-0.2, 0) is 14.8 Å². The Bertz CT molecular complexity index is 1410. The van der Waals surface area contributed by atoms with E-state index in [9.17, 15) is 13.2 Å². The third-order valence-corrected chi connectivity index (χ3v) is 7.29. The molecule has 0 fully saturated rings. The minimum absolute atomic E-state index is 0.341. The molecule has 0 aliphatic carbocycles. The Morgan fingerprint density at radius 3 is 2.41 bits per heavy atom. The van der Waals surface area contributed by atoms with Gasteiger partial charge in [-0.1, -0.05) is 6.07 Å². The fourth-order valence-corrected chi connectivity index (χ4v) is 5.38. The van der Waals surface area contributed by atoms with Crippen molar-refractivity contribution in [3.05, 3.63) is 72.3 Å². The Kier molecular flexibility index (Phi) is 6.85. The molecule has 0 aliphatic rings. The van der Waals surface area contributed by atoms with Gasteiger partial charge in [0.05, 0.1) is 28.8 Å². The molecule has 4 aromatic rings. The minimum atomic E-state index is -3.66. The number of aromatic nitrogens is 1. The summed E-state index contributed by atoms with van der Waals surface area (Å²) >= 11 is 1.62. The summed E-state index contributed by atoms with van der Waals surface area (Å²) in [5.41, 5.74) is 4.06. The number of carbonyl (C=O) groups is 1. The van der Waals surface area contributed by atoms with E-state index in [-0.39, 0.29) is 6.54 Å². The number of benzene rings is 3. The van der Waals surface area contributed by atoms with Gasteiger partial charge in [-0.15, -0.1) is 11.3 Å². The normalized spacial score (nSPS) is 11.4. The van der Waals surface area contributed by atoms with Crippen molar-refractivity contribution in [3.63, 3.8) is 0 Å². The summed E-state index contributed by atoms with van der Waals surface area (Å²) in [7, 11) is -3.66. The molecule has 0 radical (unpaired) electrons. The van der Waals surface area contributed by atoms with Gasteiger partial charge in [0.25, 0.3) is 0 Å². The molecule has 0 saturated heterocycles. The second-order valence-electron chi connectivity index (χ2n) is 7.81. The maximum Gasteiger partial charge on any atom is 0.245 e. The lowest BCUT2D eigenvalue weighted by molar-refractivity contribution is -0.114. The number of ether oxygens (including phenoxy) is 1. The number of amides is 1. The molecule has 4 rings (SSSR count). The molecule has 0 unspecified atom stereocenters. The first kappa shape index (κ1) is 23.7. The standard InChI is InChI=1S/C25H25N3O4S2/c1-4-32-21-12-10-20(11-13-21)28(34(3,30)31)16-24(29)26-19-8-6-18(7-9-19)25-27-22-14-5-17(2)15-23(22)33-25/h5-15H,4,16H2,1-3H3,(H,26,29). The topological polar surface area (TPSA) is 88.6 Å². The van der Waals surface area contributed by atoms with Gasteiger partial charge in [0.15, 0.2) is 0 Å². The molecule has 3 aromatic carbocycles. The molecule has 7 nitrogen and oxygen atoms in total. The molecule has 1 aromatic heterocycles. The molecule has 1 heterocycles. The van der Waals surface area contributed by atoms with Crippen LogP contribution < -0.4 is 14.4 Å². The third-order valence-electron chi connectivity index (χ3n) is 5.08. The largest absolute Gasteiger partial charge is 0.494 e. The summed E-state index contributed by atoms with van der Waals surface area (Å²) in [5.74, 6) is 0.190. The summed E-state index contributed by atoms with van der Waals surface area (Å²) in [6.45, 7) is 4.09. The third kappa shape index (κ3) is 5.55. The Morgan fingerprint density at radius 1 is 1.06 bits per heavy atom. The Balaban J connectivity index is 1.46. The molecular weight excluding hydrogens is 470 g/mol. The number of sulfonamides is 1. The average Bonchev–Trinajstić information content (AvgIpc) is 3.21. The van der Waals surface area contributed by atoms with Gasteiger partial charge in [-0.2, -0.15) is 0 Å². The lowest BCUT2D eigenvalue weighted by Crippen LogP contribution is -2.37. The van der Waals surface area contributed by atoms with Gasteiger partial charge in [0.1, 0.15) is 17.3 Å².